The first-order valence-electron chi connectivity index (χ1n) is 4.87. The zero-order valence-corrected chi connectivity index (χ0v) is 8.65. The minimum Gasteiger partial charge on any atom is -0.0825 e. The molecule has 0 amide bonds. The van der Waals surface area contributed by atoms with E-state index in [1.165, 1.54) is 12.8 Å². The summed E-state index contributed by atoms with van der Waals surface area (Å²) < 4.78 is 0. The molecular formula is C11H22. The fourth-order valence-electron chi connectivity index (χ4n) is 1.41. The third-order valence-corrected chi connectivity index (χ3v) is 2.44. The number of allylic oxidation sites excluding steroid dienone is 2. The molecule has 0 heterocycles. The van der Waals surface area contributed by atoms with E-state index in [0.717, 1.165) is 11.8 Å². The second kappa shape index (κ2) is 5.40. The summed E-state index contributed by atoms with van der Waals surface area (Å²) in [6.07, 6.45) is 5.13. The van der Waals surface area contributed by atoms with Crippen molar-refractivity contribution in [3.05, 3.63) is 11.6 Å². The molecule has 2 atom stereocenters. The SMILES string of the molecule is CC.CC1=C[C@@H](C)[C@H](C)CC1. The van der Waals surface area contributed by atoms with Gasteiger partial charge in [-0.1, -0.05) is 39.3 Å². The van der Waals surface area contributed by atoms with Crippen molar-refractivity contribution in [3.63, 3.8) is 0 Å². The topological polar surface area (TPSA) is 0 Å². The predicted molar refractivity (Wildman–Crippen MR) is 52.7 cm³/mol. The first-order chi connectivity index (χ1) is 5.20. The maximum atomic E-state index is 2.41. The standard InChI is InChI=1S/C9H16.C2H6/c1-7-4-5-8(2)9(3)6-7;1-2/h6,8-9H,4-5H2,1-3H3;1-2H3/t8-,9-;/m1./s1. The molecule has 1 aliphatic carbocycles. The van der Waals surface area contributed by atoms with E-state index < -0.39 is 0 Å². The van der Waals surface area contributed by atoms with E-state index in [1.54, 1.807) is 5.57 Å². The second-order valence-corrected chi connectivity index (χ2v) is 3.39. The quantitative estimate of drug-likeness (QED) is 0.462. The summed E-state index contributed by atoms with van der Waals surface area (Å²) in [6.45, 7) is 10.9. The van der Waals surface area contributed by atoms with Crippen LogP contribution in [0.3, 0.4) is 0 Å². The molecule has 1 aliphatic rings. The van der Waals surface area contributed by atoms with E-state index in [9.17, 15) is 0 Å². The van der Waals surface area contributed by atoms with Gasteiger partial charge in [0.2, 0.25) is 0 Å². The highest BCUT2D eigenvalue weighted by Crippen LogP contribution is 2.27. The number of rotatable bonds is 0. The van der Waals surface area contributed by atoms with Crippen LogP contribution in [0.15, 0.2) is 11.6 Å². The molecule has 0 saturated carbocycles. The van der Waals surface area contributed by atoms with Crippen LogP contribution in [0.25, 0.3) is 0 Å². The minimum absolute atomic E-state index is 0.818. The molecule has 1 rings (SSSR count). The third-order valence-electron chi connectivity index (χ3n) is 2.44. The van der Waals surface area contributed by atoms with Gasteiger partial charge in [-0.3, -0.25) is 0 Å². The van der Waals surface area contributed by atoms with E-state index in [-0.39, 0.29) is 0 Å². The molecule has 0 aromatic rings. The molecule has 0 nitrogen and oxygen atoms in total. The molecule has 0 N–H and O–H groups in total. The highest BCUT2D eigenvalue weighted by Gasteiger charge is 2.14. The first-order valence-corrected chi connectivity index (χ1v) is 4.87. The predicted octanol–water partition coefficient (Wildman–Crippen LogP) is 4.02. The van der Waals surface area contributed by atoms with Crippen molar-refractivity contribution in [1.82, 2.24) is 0 Å². The second-order valence-electron chi connectivity index (χ2n) is 3.39. The molecule has 0 bridgehead atoms. The molecule has 0 heteroatoms. The van der Waals surface area contributed by atoms with E-state index in [0.29, 0.717) is 0 Å². The molecular weight excluding hydrogens is 132 g/mol. The van der Waals surface area contributed by atoms with Crippen molar-refractivity contribution < 1.29 is 0 Å². The van der Waals surface area contributed by atoms with Gasteiger partial charge in [-0.25, -0.2) is 0 Å². The fourth-order valence-corrected chi connectivity index (χ4v) is 1.41. The van der Waals surface area contributed by atoms with Crippen LogP contribution in [0.2, 0.25) is 0 Å². The maximum absolute atomic E-state index is 2.41. The Labute approximate surface area is 71.7 Å². The molecule has 0 fully saturated rings. The number of hydrogen-bond donors (Lipinski definition) is 0. The van der Waals surface area contributed by atoms with Gasteiger partial charge in [0.25, 0.3) is 0 Å². The Morgan fingerprint density at radius 3 is 2.18 bits per heavy atom. The van der Waals surface area contributed by atoms with Gasteiger partial charge in [0, 0.05) is 0 Å². The Balaban J connectivity index is 0.000000461. The van der Waals surface area contributed by atoms with Crippen LogP contribution in [0.1, 0.15) is 47.5 Å². The van der Waals surface area contributed by atoms with Gasteiger partial charge in [0.1, 0.15) is 0 Å². The van der Waals surface area contributed by atoms with E-state index in [1.807, 2.05) is 13.8 Å². The monoisotopic (exact) mass is 154 g/mol. The van der Waals surface area contributed by atoms with Crippen molar-refractivity contribution in [1.29, 1.82) is 0 Å². The Hall–Kier alpha value is -0.260. The molecule has 0 aliphatic heterocycles. The molecule has 0 aromatic carbocycles. The Kier molecular flexibility index (Phi) is 5.27. The number of hydrogen-bond acceptors (Lipinski definition) is 0. The Bertz CT molecular complexity index is 122. The zero-order valence-electron chi connectivity index (χ0n) is 8.65. The van der Waals surface area contributed by atoms with Crippen LogP contribution in [0, 0.1) is 11.8 Å². The highest BCUT2D eigenvalue weighted by molar-refractivity contribution is 5.05. The Morgan fingerprint density at radius 1 is 1.27 bits per heavy atom. The van der Waals surface area contributed by atoms with Gasteiger partial charge in [-0.15, -0.1) is 0 Å². The lowest BCUT2D eigenvalue weighted by atomic mass is 9.84. The lowest BCUT2D eigenvalue weighted by molar-refractivity contribution is 0.404. The summed E-state index contributed by atoms with van der Waals surface area (Å²) in [4.78, 5) is 0. The summed E-state index contributed by atoms with van der Waals surface area (Å²) in [5.41, 5.74) is 1.58. The van der Waals surface area contributed by atoms with Gasteiger partial charge in [0.05, 0.1) is 0 Å². The van der Waals surface area contributed by atoms with Gasteiger partial charge < -0.3 is 0 Å². The van der Waals surface area contributed by atoms with Crippen LogP contribution in [0.4, 0.5) is 0 Å². The average Bonchev–Trinajstić information content (AvgIpc) is 2.02. The van der Waals surface area contributed by atoms with Crippen molar-refractivity contribution in [2.75, 3.05) is 0 Å². The summed E-state index contributed by atoms with van der Waals surface area (Å²) in [5, 5.41) is 0. The fraction of sp³-hybridized carbons (Fsp3) is 0.818. The molecule has 0 spiro atoms. The molecule has 0 unspecified atom stereocenters. The summed E-state index contributed by atoms with van der Waals surface area (Å²) >= 11 is 0. The van der Waals surface area contributed by atoms with Gasteiger partial charge >= 0.3 is 0 Å². The zero-order chi connectivity index (χ0) is 8.85. The summed E-state index contributed by atoms with van der Waals surface area (Å²) in [6, 6.07) is 0. The molecule has 0 radical (unpaired) electrons. The normalized spacial score (nSPS) is 30.1. The van der Waals surface area contributed by atoms with Crippen LogP contribution in [-0.2, 0) is 0 Å². The average molecular weight is 154 g/mol. The smallest absolute Gasteiger partial charge is 0.0234 e. The van der Waals surface area contributed by atoms with E-state index >= 15 is 0 Å². The van der Waals surface area contributed by atoms with Crippen molar-refractivity contribution >= 4 is 0 Å². The van der Waals surface area contributed by atoms with Crippen molar-refractivity contribution in [3.8, 4) is 0 Å². The summed E-state index contributed by atoms with van der Waals surface area (Å²) in [7, 11) is 0. The van der Waals surface area contributed by atoms with Crippen LogP contribution in [-0.4, -0.2) is 0 Å². The minimum atomic E-state index is 0.818. The molecule has 11 heavy (non-hydrogen) atoms. The van der Waals surface area contributed by atoms with Gasteiger partial charge in [0.15, 0.2) is 0 Å². The van der Waals surface area contributed by atoms with Crippen molar-refractivity contribution in [2.24, 2.45) is 11.8 Å². The van der Waals surface area contributed by atoms with E-state index in [2.05, 4.69) is 26.8 Å². The molecule has 0 aromatic heterocycles. The van der Waals surface area contributed by atoms with Gasteiger partial charge in [-0.2, -0.15) is 0 Å². The van der Waals surface area contributed by atoms with Crippen molar-refractivity contribution in [2.45, 2.75) is 47.5 Å². The van der Waals surface area contributed by atoms with E-state index in [4.69, 9.17) is 0 Å². The highest BCUT2D eigenvalue weighted by atomic mass is 14.2. The van der Waals surface area contributed by atoms with Crippen LogP contribution < -0.4 is 0 Å². The third kappa shape index (κ3) is 3.60. The van der Waals surface area contributed by atoms with Gasteiger partial charge in [-0.05, 0) is 31.6 Å². The molecule has 66 valence electrons. The largest absolute Gasteiger partial charge is 0.0825 e. The Morgan fingerprint density at radius 2 is 1.82 bits per heavy atom. The summed E-state index contributed by atoms with van der Waals surface area (Å²) in [5.74, 6) is 1.73. The first kappa shape index (κ1) is 10.7. The van der Waals surface area contributed by atoms with Crippen LogP contribution >= 0.6 is 0 Å². The lowest BCUT2D eigenvalue weighted by Crippen LogP contribution is -2.10. The lowest BCUT2D eigenvalue weighted by Gasteiger charge is -2.22. The van der Waals surface area contributed by atoms with Crippen LogP contribution in [0.5, 0.6) is 0 Å². The molecule has 0 saturated heterocycles. The maximum Gasteiger partial charge on any atom is -0.0234 e.